The van der Waals surface area contributed by atoms with E-state index >= 15 is 0 Å². The largest absolute Gasteiger partial charge is 0.496 e. The lowest BCUT2D eigenvalue weighted by Gasteiger charge is -2.29. The lowest BCUT2D eigenvalue weighted by Crippen LogP contribution is -2.36. The summed E-state index contributed by atoms with van der Waals surface area (Å²) in [5.74, 6) is 0.718. The molecule has 0 bridgehead atoms. The Balaban J connectivity index is 2.24. The second kappa shape index (κ2) is 5.84. The van der Waals surface area contributed by atoms with Crippen LogP contribution in [0.5, 0.6) is 5.75 Å². The number of benzene rings is 1. The minimum absolute atomic E-state index is 0.0181. The standard InChI is InChI=1S/C16H24N2O3/c1-16(2,3)21-15(19)18-9-5-6-13(18)12-8-7-11(17)10-14(12)20-4/h7-8,10,13H,5-6,9,17H2,1-4H3. The fourth-order valence-corrected chi connectivity index (χ4v) is 2.63. The molecule has 0 radical (unpaired) electrons. The Morgan fingerprint density at radius 1 is 1.38 bits per heavy atom. The average Bonchev–Trinajstić information content (AvgIpc) is 2.85. The van der Waals surface area contributed by atoms with Gasteiger partial charge in [-0.05, 0) is 39.7 Å². The molecule has 5 nitrogen and oxygen atoms in total. The van der Waals surface area contributed by atoms with Crippen molar-refractivity contribution in [2.75, 3.05) is 19.4 Å². The van der Waals surface area contributed by atoms with Gasteiger partial charge < -0.3 is 20.1 Å². The lowest BCUT2D eigenvalue weighted by atomic mass is 10.0. The van der Waals surface area contributed by atoms with Gasteiger partial charge in [-0.2, -0.15) is 0 Å². The number of amides is 1. The summed E-state index contributed by atoms with van der Waals surface area (Å²) in [4.78, 5) is 14.1. The summed E-state index contributed by atoms with van der Waals surface area (Å²) < 4.78 is 10.9. The molecule has 1 fully saturated rings. The Morgan fingerprint density at radius 2 is 2.10 bits per heavy atom. The minimum atomic E-state index is -0.491. The number of nitrogens with two attached hydrogens (primary N) is 1. The van der Waals surface area contributed by atoms with Crippen molar-refractivity contribution in [1.82, 2.24) is 4.90 Å². The Bertz CT molecular complexity index is 523. The van der Waals surface area contributed by atoms with E-state index in [1.165, 1.54) is 0 Å². The summed E-state index contributed by atoms with van der Waals surface area (Å²) >= 11 is 0. The van der Waals surface area contributed by atoms with E-state index in [0.29, 0.717) is 12.2 Å². The van der Waals surface area contributed by atoms with Crippen LogP contribution in [0.1, 0.15) is 45.2 Å². The average molecular weight is 292 g/mol. The summed E-state index contributed by atoms with van der Waals surface area (Å²) in [5, 5.41) is 0. The molecule has 0 saturated carbocycles. The molecule has 1 aromatic rings. The van der Waals surface area contributed by atoms with Crippen molar-refractivity contribution in [3.63, 3.8) is 0 Å². The molecule has 1 saturated heterocycles. The third-order valence-corrected chi connectivity index (χ3v) is 3.50. The molecule has 0 aromatic heterocycles. The van der Waals surface area contributed by atoms with Gasteiger partial charge in [0, 0.05) is 23.9 Å². The van der Waals surface area contributed by atoms with Crippen molar-refractivity contribution in [1.29, 1.82) is 0 Å². The molecule has 5 heteroatoms. The van der Waals surface area contributed by atoms with Crippen LogP contribution in [0.4, 0.5) is 10.5 Å². The van der Waals surface area contributed by atoms with Gasteiger partial charge in [-0.15, -0.1) is 0 Å². The predicted molar refractivity (Wildman–Crippen MR) is 82.3 cm³/mol. The van der Waals surface area contributed by atoms with Gasteiger partial charge in [-0.25, -0.2) is 4.79 Å². The quantitative estimate of drug-likeness (QED) is 0.849. The Kier molecular flexibility index (Phi) is 4.30. The van der Waals surface area contributed by atoms with Gasteiger partial charge in [-0.1, -0.05) is 6.07 Å². The molecule has 1 aliphatic heterocycles. The fraction of sp³-hybridized carbons (Fsp3) is 0.562. The van der Waals surface area contributed by atoms with Gasteiger partial charge in [0.05, 0.1) is 13.2 Å². The number of ether oxygens (including phenoxy) is 2. The molecule has 1 aromatic carbocycles. The molecule has 0 aliphatic carbocycles. The minimum Gasteiger partial charge on any atom is -0.496 e. The van der Waals surface area contributed by atoms with Gasteiger partial charge >= 0.3 is 6.09 Å². The van der Waals surface area contributed by atoms with Gasteiger partial charge in [-0.3, -0.25) is 0 Å². The summed E-state index contributed by atoms with van der Waals surface area (Å²) in [7, 11) is 1.62. The number of hydrogen-bond acceptors (Lipinski definition) is 4. The van der Waals surface area contributed by atoms with E-state index in [1.807, 2.05) is 32.9 Å². The Hall–Kier alpha value is -1.91. The summed E-state index contributed by atoms with van der Waals surface area (Å²) in [6.45, 7) is 6.33. The molecule has 1 atom stereocenters. The summed E-state index contributed by atoms with van der Waals surface area (Å²) in [6, 6.07) is 5.54. The maximum Gasteiger partial charge on any atom is 0.410 e. The number of carbonyl (C=O) groups excluding carboxylic acids is 1. The van der Waals surface area contributed by atoms with E-state index in [-0.39, 0.29) is 12.1 Å². The summed E-state index contributed by atoms with van der Waals surface area (Å²) in [6.07, 6.45) is 1.58. The van der Waals surface area contributed by atoms with Crippen LogP contribution in [0.3, 0.4) is 0 Å². The molecule has 0 spiro atoms. The highest BCUT2D eigenvalue weighted by atomic mass is 16.6. The van der Waals surface area contributed by atoms with Gasteiger partial charge in [0.15, 0.2) is 0 Å². The monoisotopic (exact) mass is 292 g/mol. The highest BCUT2D eigenvalue weighted by molar-refractivity contribution is 5.69. The molecule has 2 N–H and O–H groups in total. The number of carbonyl (C=O) groups is 1. The molecule has 116 valence electrons. The van der Waals surface area contributed by atoms with Crippen LogP contribution < -0.4 is 10.5 Å². The van der Waals surface area contributed by atoms with E-state index in [0.717, 1.165) is 24.2 Å². The van der Waals surface area contributed by atoms with Crippen LogP contribution >= 0.6 is 0 Å². The third-order valence-electron chi connectivity index (χ3n) is 3.50. The number of nitrogens with zero attached hydrogens (tertiary/aromatic N) is 1. The maximum atomic E-state index is 12.3. The molecule has 21 heavy (non-hydrogen) atoms. The van der Waals surface area contributed by atoms with Crippen LogP contribution in [0, 0.1) is 0 Å². The Labute approximate surface area is 126 Å². The van der Waals surface area contributed by atoms with E-state index < -0.39 is 5.60 Å². The zero-order valence-corrected chi connectivity index (χ0v) is 13.2. The molecule has 1 aliphatic rings. The number of likely N-dealkylation sites (tertiary alicyclic amines) is 1. The van der Waals surface area contributed by atoms with Gasteiger partial charge in [0.25, 0.3) is 0 Å². The van der Waals surface area contributed by atoms with Crippen molar-refractivity contribution < 1.29 is 14.3 Å². The molecule has 1 unspecified atom stereocenters. The zero-order valence-electron chi connectivity index (χ0n) is 13.2. The van der Waals surface area contributed by atoms with Gasteiger partial charge in [0.1, 0.15) is 11.4 Å². The normalized spacial score (nSPS) is 18.7. The van der Waals surface area contributed by atoms with Crippen LogP contribution in [-0.4, -0.2) is 30.2 Å². The van der Waals surface area contributed by atoms with Crippen molar-refractivity contribution in [2.45, 2.75) is 45.3 Å². The first kappa shape index (κ1) is 15.5. The molecular formula is C16H24N2O3. The van der Waals surface area contributed by atoms with Crippen molar-refractivity contribution >= 4 is 11.8 Å². The van der Waals surface area contributed by atoms with Crippen LogP contribution in [0.15, 0.2) is 18.2 Å². The zero-order chi connectivity index (χ0) is 15.6. The van der Waals surface area contributed by atoms with E-state index in [4.69, 9.17) is 15.2 Å². The number of anilines is 1. The highest BCUT2D eigenvalue weighted by Crippen LogP contribution is 2.38. The van der Waals surface area contributed by atoms with Crippen LogP contribution in [0.2, 0.25) is 0 Å². The van der Waals surface area contributed by atoms with E-state index in [2.05, 4.69) is 0 Å². The molecular weight excluding hydrogens is 268 g/mol. The number of methoxy groups -OCH3 is 1. The number of hydrogen-bond donors (Lipinski definition) is 1. The molecule has 2 rings (SSSR count). The SMILES string of the molecule is COc1cc(N)ccc1C1CCCN1C(=O)OC(C)(C)C. The maximum absolute atomic E-state index is 12.3. The van der Waals surface area contributed by atoms with Crippen LogP contribution in [-0.2, 0) is 4.74 Å². The van der Waals surface area contributed by atoms with Crippen molar-refractivity contribution in [3.05, 3.63) is 23.8 Å². The fourth-order valence-electron chi connectivity index (χ4n) is 2.63. The smallest absolute Gasteiger partial charge is 0.410 e. The van der Waals surface area contributed by atoms with E-state index in [1.54, 1.807) is 18.1 Å². The Morgan fingerprint density at radius 3 is 2.71 bits per heavy atom. The lowest BCUT2D eigenvalue weighted by molar-refractivity contribution is 0.0223. The summed E-state index contributed by atoms with van der Waals surface area (Å²) in [5.41, 5.74) is 6.94. The first-order chi connectivity index (χ1) is 9.81. The first-order valence-electron chi connectivity index (χ1n) is 7.25. The van der Waals surface area contributed by atoms with Crippen molar-refractivity contribution in [3.8, 4) is 5.75 Å². The first-order valence-corrected chi connectivity index (χ1v) is 7.25. The topological polar surface area (TPSA) is 64.8 Å². The second-order valence-corrected chi connectivity index (χ2v) is 6.33. The van der Waals surface area contributed by atoms with Crippen molar-refractivity contribution in [2.24, 2.45) is 0 Å². The molecule has 1 amide bonds. The van der Waals surface area contributed by atoms with Gasteiger partial charge in [0.2, 0.25) is 0 Å². The predicted octanol–water partition coefficient (Wildman–Crippen LogP) is 3.35. The number of rotatable bonds is 2. The van der Waals surface area contributed by atoms with E-state index in [9.17, 15) is 4.79 Å². The van der Waals surface area contributed by atoms with Crippen LogP contribution in [0.25, 0.3) is 0 Å². The number of nitrogen functional groups attached to an aromatic ring is 1. The molecule has 1 heterocycles. The highest BCUT2D eigenvalue weighted by Gasteiger charge is 2.34. The second-order valence-electron chi connectivity index (χ2n) is 6.33. The third kappa shape index (κ3) is 3.60.